The quantitative estimate of drug-likeness (QED) is 0.429. The molecule has 0 aliphatic rings. The van der Waals surface area contributed by atoms with Gasteiger partial charge in [0.15, 0.2) is 23.0 Å². The molecule has 0 aliphatic carbocycles. The van der Waals surface area contributed by atoms with Gasteiger partial charge in [0.25, 0.3) is 0 Å². The molecule has 3 aromatic rings. The summed E-state index contributed by atoms with van der Waals surface area (Å²) in [6.45, 7) is 0.728. The molecule has 0 aliphatic heterocycles. The van der Waals surface area contributed by atoms with Crippen LogP contribution in [0.15, 0.2) is 66.7 Å². The van der Waals surface area contributed by atoms with Gasteiger partial charge < -0.3 is 29.0 Å². The smallest absolute Gasteiger partial charge is 0.224 e. The zero-order chi connectivity index (χ0) is 24.3. The van der Waals surface area contributed by atoms with Crippen LogP contribution >= 0.6 is 0 Å². The van der Waals surface area contributed by atoms with E-state index in [4.69, 9.17) is 23.7 Å². The Balaban J connectivity index is 1.61. The van der Waals surface area contributed by atoms with Gasteiger partial charge in [-0.3, -0.25) is 4.79 Å². The fourth-order valence-electron chi connectivity index (χ4n) is 3.52. The van der Waals surface area contributed by atoms with Crippen LogP contribution in [0, 0.1) is 0 Å². The van der Waals surface area contributed by atoms with Gasteiger partial charge in [-0.1, -0.05) is 42.5 Å². The molecule has 0 saturated carbocycles. The van der Waals surface area contributed by atoms with E-state index in [0.29, 0.717) is 36.1 Å². The fraction of sp³-hybridized carbons (Fsp3) is 0.296. The van der Waals surface area contributed by atoms with Crippen LogP contribution in [0.25, 0.3) is 0 Å². The minimum atomic E-state index is -0.329. The molecule has 1 N–H and O–H groups in total. The highest BCUT2D eigenvalue weighted by molar-refractivity contribution is 5.78. The predicted octanol–water partition coefficient (Wildman–Crippen LogP) is 4.34. The molecule has 0 spiro atoms. The van der Waals surface area contributed by atoms with Crippen molar-refractivity contribution in [1.29, 1.82) is 0 Å². The van der Waals surface area contributed by atoms with Crippen molar-refractivity contribution < 1.29 is 28.5 Å². The van der Waals surface area contributed by atoms with E-state index in [2.05, 4.69) is 5.32 Å². The summed E-state index contributed by atoms with van der Waals surface area (Å²) in [4.78, 5) is 12.6. The van der Waals surface area contributed by atoms with E-state index in [1.807, 2.05) is 66.7 Å². The monoisotopic (exact) mass is 465 g/mol. The lowest BCUT2D eigenvalue weighted by Gasteiger charge is -2.18. The van der Waals surface area contributed by atoms with Crippen molar-refractivity contribution in [3.8, 4) is 23.0 Å². The normalized spacial score (nSPS) is 11.4. The van der Waals surface area contributed by atoms with Gasteiger partial charge in [-0.05, 0) is 41.0 Å². The molecule has 1 atom stereocenters. The lowest BCUT2D eigenvalue weighted by Crippen LogP contribution is -2.30. The number of methoxy groups -OCH3 is 4. The van der Waals surface area contributed by atoms with Crippen molar-refractivity contribution in [3.63, 3.8) is 0 Å². The second kappa shape index (κ2) is 12.5. The molecule has 1 unspecified atom stereocenters. The summed E-state index contributed by atoms with van der Waals surface area (Å²) in [5.74, 6) is 2.33. The number of hydrogen-bond acceptors (Lipinski definition) is 6. The van der Waals surface area contributed by atoms with Crippen molar-refractivity contribution in [2.75, 3.05) is 35.0 Å². The Labute approximate surface area is 200 Å². The summed E-state index contributed by atoms with van der Waals surface area (Å²) in [6.07, 6.45) is -0.127. The van der Waals surface area contributed by atoms with Gasteiger partial charge in [0.05, 0.1) is 33.9 Å². The first-order valence-corrected chi connectivity index (χ1v) is 10.9. The topological polar surface area (TPSA) is 75.3 Å². The minimum absolute atomic E-state index is 0.123. The van der Waals surface area contributed by atoms with Gasteiger partial charge in [-0.2, -0.15) is 0 Å². The Morgan fingerprint density at radius 3 is 2.12 bits per heavy atom. The summed E-state index contributed by atoms with van der Waals surface area (Å²) in [5, 5.41) is 2.94. The van der Waals surface area contributed by atoms with Crippen molar-refractivity contribution in [3.05, 3.63) is 83.4 Å². The molecule has 3 aromatic carbocycles. The van der Waals surface area contributed by atoms with Crippen LogP contribution in [0.4, 0.5) is 0 Å². The van der Waals surface area contributed by atoms with E-state index in [1.54, 1.807) is 28.4 Å². The lowest BCUT2D eigenvalue weighted by atomic mass is 10.1. The number of ether oxygens (including phenoxy) is 5. The third-order valence-corrected chi connectivity index (χ3v) is 5.38. The van der Waals surface area contributed by atoms with Gasteiger partial charge in [0.1, 0.15) is 6.61 Å². The number of hydrogen-bond donors (Lipinski definition) is 1. The number of amides is 1. The van der Waals surface area contributed by atoms with Gasteiger partial charge in [0.2, 0.25) is 5.91 Å². The predicted molar refractivity (Wildman–Crippen MR) is 130 cm³/mol. The van der Waals surface area contributed by atoms with Gasteiger partial charge in [0, 0.05) is 13.7 Å². The van der Waals surface area contributed by atoms with Crippen LogP contribution in [0.3, 0.4) is 0 Å². The molecule has 7 heteroatoms. The first kappa shape index (κ1) is 24.9. The maximum atomic E-state index is 12.6. The fourth-order valence-corrected chi connectivity index (χ4v) is 3.52. The van der Waals surface area contributed by atoms with Crippen molar-refractivity contribution in [1.82, 2.24) is 5.32 Å². The van der Waals surface area contributed by atoms with Crippen LogP contribution in [0.1, 0.15) is 22.8 Å². The molecule has 0 bridgehead atoms. The molecule has 0 aromatic heterocycles. The molecular formula is C27H31NO6. The van der Waals surface area contributed by atoms with E-state index < -0.39 is 0 Å². The first-order chi connectivity index (χ1) is 16.6. The molecule has 0 saturated heterocycles. The molecule has 1 amide bonds. The highest BCUT2D eigenvalue weighted by Crippen LogP contribution is 2.31. The van der Waals surface area contributed by atoms with Crippen LogP contribution in [-0.4, -0.2) is 40.9 Å². The lowest BCUT2D eigenvalue weighted by molar-refractivity contribution is -0.121. The largest absolute Gasteiger partial charge is 0.493 e. The Kier molecular flexibility index (Phi) is 9.17. The third-order valence-electron chi connectivity index (χ3n) is 5.38. The second-order valence-corrected chi connectivity index (χ2v) is 7.58. The molecule has 0 heterocycles. The molecule has 34 heavy (non-hydrogen) atoms. The van der Waals surface area contributed by atoms with Crippen LogP contribution in [0.5, 0.6) is 23.0 Å². The van der Waals surface area contributed by atoms with Crippen molar-refractivity contribution in [2.24, 2.45) is 0 Å². The minimum Gasteiger partial charge on any atom is -0.493 e. The van der Waals surface area contributed by atoms with E-state index >= 15 is 0 Å². The SMILES string of the molecule is COc1ccc(C(CNC(=O)Cc2ccc(OC)c(OCc3ccccc3)c2)OC)cc1OC. The number of nitrogens with one attached hydrogen (secondary N) is 1. The number of benzene rings is 3. The zero-order valence-corrected chi connectivity index (χ0v) is 20.0. The molecule has 0 fully saturated rings. The average molecular weight is 466 g/mol. The Hall–Kier alpha value is -3.71. The van der Waals surface area contributed by atoms with Gasteiger partial charge >= 0.3 is 0 Å². The second-order valence-electron chi connectivity index (χ2n) is 7.58. The molecule has 180 valence electrons. The van der Waals surface area contributed by atoms with E-state index in [0.717, 1.165) is 16.7 Å². The summed E-state index contributed by atoms with van der Waals surface area (Å²) in [5.41, 5.74) is 2.75. The van der Waals surface area contributed by atoms with Crippen LogP contribution in [0.2, 0.25) is 0 Å². The first-order valence-electron chi connectivity index (χ1n) is 10.9. The maximum Gasteiger partial charge on any atom is 0.224 e. The highest BCUT2D eigenvalue weighted by Gasteiger charge is 2.16. The Bertz CT molecular complexity index is 1070. The standard InChI is InChI=1S/C27H31NO6/c1-30-22-13-11-21(16-24(22)32-3)26(33-4)17-28-27(29)15-20-10-12-23(31-2)25(14-20)34-18-19-8-6-5-7-9-19/h5-14,16,26H,15,17-18H2,1-4H3,(H,28,29). The summed E-state index contributed by atoms with van der Waals surface area (Å²) >= 11 is 0. The number of carbonyl (C=O) groups excluding carboxylic acids is 1. The average Bonchev–Trinajstić information content (AvgIpc) is 2.88. The van der Waals surface area contributed by atoms with Crippen LogP contribution in [-0.2, 0) is 22.6 Å². The van der Waals surface area contributed by atoms with E-state index in [-0.39, 0.29) is 18.4 Å². The van der Waals surface area contributed by atoms with Crippen molar-refractivity contribution >= 4 is 5.91 Å². The third kappa shape index (κ3) is 6.65. The molecule has 0 radical (unpaired) electrons. The van der Waals surface area contributed by atoms with Crippen LogP contribution < -0.4 is 24.3 Å². The summed E-state index contributed by atoms with van der Waals surface area (Å²) < 4.78 is 27.6. The highest BCUT2D eigenvalue weighted by atomic mass is 16.5. The maximum absolute atomic E-state index is 12.6. The van der Waals surface area contributed by atoms with E-state index in [1.165, 1.54) is 0 Å². The number of carbonyl (C=O) groups is 1. The van der Waals surface area contributed by atoms with Gasteiger partial charge in [-0.15, -0.1) is 0 Å². The molecular weight excluding hydrogens is 434 g/mol. The summed E-state index contributed by atoms with van der Waals surface area (Å²) in [6, 6.07) is 20.9. The zero-order valence-electron chi connectivity index (χ0n) is 20.0. The Morgan fingerprint density at radius 2 is 1.44 bits per heavy atom. The van der Waals surface area contributed by atoms with Crippen molar-refractivity contribution in [2.45, 2.75) is 19.1 Å². The van der Waals surface area contributed by atoms with E-state index in [9.17, 15) is 4.79 Å². The molecule has 3 rings (SSSR count). The number of rotatable bonds is 12. The molecule has 7 nitrogen and oxygen atoms in total. The Morgan fingerprint density at radius 1 is 0.765 bits per heavy atom. The summed E-state index contributed by atoms with van der Waals surface area (Å²) in [7, 11) is 6.37. The van der Waals surface area contributed by atoms with Gasteiger partial charge in [-0.25, -0.2) is 0 Å².